The minimum atomic E-state index is -0.603. The maximum Gasteiger partial charge on any atom is 0.259 e. The zero-order valence-corrected chi connectivity index (χ0v) is 22.1. The molecule has 3 aliphatic rings. The topological polar surface area (TPSA) is 121 Å². The summed E-state index contributed by atoms with van der Waals surface area (Å²) in [7, 11) is 0. The van der Waals surface area contributed by atoms with Crippen LogP contribution in [0.15, 0.2) is 43.0 Å². The highest BCUT2D eigenvalue weighted by Gasteiger charge is 2.38. The summed E-state index contributed by atoms with van der Waals surface area (Å²) in [5.41, 5.74) is 3.77. The van der Waals surface area contributed by atoms with Crippen LogP contribution >= 0.6 is 0 Å². The summed E-state index contributed by atoms with van der Waals surface area (Å²) in [5, 5.41) is 17.7. The number of nitrogens with zero attached hydrogens (tertiary/aromatic N) is 6. The molecule has 1 saturated carbocycles. The van der Waals surface area contributed by atoms with Crippen molar-refractivity contribution in [2.75, 3.05) is 30.3 Å². The van der Waals surface area contributed by atoms with Gasteiger partial charge in [0, 0.05) is 36.9 Å². The molecule has 3 unspecified atom stereocenters. The Labute approximate surface area is 229 Å². The Morgan fingerprint density at radius 1 is 1.15 bits per heavy atom. The van der Waals surface area contributed by atoms with Crippen LogP contribution in [-0.4, -0.2) is 66.8 Å². The lowest BCUT2D eigenvalue weighted by Crippen LogP contribution is -2.38. The van der Waals surface area contributed by atoms with Crippen molar-refractivity contribution in [1.82, 2.24) is 34.6 Å². The van der Waals surface area contributed by atoms with Crippen LogP contribution < -0.4 is 16.0 Å². The lowest BCUT2D eigenvalue weighted by atomic mass is 10.1. The number of rotatable bonds is 6. The predicted molar refractivity (Wildman–Crippen MR) is 146 cm³/mol. The molecule has 3 aromatic heterocycles. The van der Waals surface area contributed by atoms with Crippen molar-refractivity contribution in [2.24, 2.45) is 5.92 Å². The molecule has 1 saturated heterocycles. The number of halogens is 1. The van der Waals surface area contributed by atoms with E-state index in [0.717, 1.165) is 30.8 Å². The lowest BCUT2D eigenvalue weighted by Gasteiger charge is -2.25. The molecule has 3 N–H and O–H groups in total. The molecule has 5 heterocycles. The van der Waals surface area contributed by atoms with E-state index in [4.69, 9.17) is 0 Å². The summed E-state index contributed by atoms with van der Waals surface area (Å²) in [6.07, 6.45) is 10.1. The number of nitrogens with one attached hydrogen (secondary N) is 3. The molecule has 11 nitrogen and oxygen atoms in total. The number of benzene rings is 1. The Hall–Kier alpha value is -4.16. The van der Waals surface area contributed by atoms with E-state index in [9.17, 15) is 14.0 Å². The number of aromatic nitrogens is 5. The molecule has 206 valence electrons. The number of carbonyl (C=O) groups excluding carboxylic acids is 2. The molecule has 4 aromatic rings. The van der Waals surface area contributed by atoms with Gasteiger partial charge in [0.2, 0.25) is 5.91 Å². The van der Waals surface area contributed by atoms with Gasteiger partial charge in [-0.3, -0.25) is 24.2 Å². The molecule has 1 aromatic carbocycles. The number of hydrogen-bond acceptors (Lipinski definition) is 7. The van der Waals surface area contributed by atoms with Gasteiger partial charge in [-0.15, -0.1) is 0 Å². The van der Waals surface area contributed by atoms with E-state index >= 15 is 0 Å². The molecule has 0 radical (unpaired) electrons. The van der Waals surface area contributed by atoms with E-state index in [1.165, 1.54) is 37.2 Å². The molecule has 0 spiro atoms. The van der Waals surface area contributed by atoms with E-state index in [0.29, 0.717) is 41.9 Å². The number of likely N-dealkylation sites (tertiary alicyclic amines) is 1. The lowest BCUT2D eigenvalue weighted by molar-refractivity contribution is -0.117. The minimum Gasteiger partial charge on any atom is -0.325 e. The van der Waals surface area contributed by atoms with Gasteiger partial charge >= 0.3 is 0 Å². The normalized spacial score (nSPS) is 22.0. The van der Waals surface area contributed by atoms with E-state index in [1.807, 2.05) is 4.68 Å². The molecular weight excluding hydrogens is 513 g/mol. The zero-order valence-electron chi connectivity index (χ0n) is 22.1. The Morgan fingerprint density at radius 2 is 2.05 bits per heavy atom. The first kappa shape index (κ1) is 24.9. The smallest absolute Gasteiger partial charge is 0.259 e. The van der Waals surface area contributed by atoms with E-state index < -0.39 is 11.7 Å². The Bertz CT molecular complexity index is 1630. The second kappa shape index (κ2) is 9.79. The predicted octanol–water partition coefficient (Wildman–Crippen LogP) is 3.07. The molecule has 3 atom stereocenters. The quantitative estimate of drug-likeness (QED) is 0.342. The van der Waals surface area contributed by atoms with Crippen molar-refractivity contribution in [3.05, 3.63) is 60.1 Å². The highest BCUT2D eigenvalue weighted by molar-refractivity contribution is 6.09. The summed E-state index contributed by atoms with van der Waals surface area (Å²) < 4.78 is 18.2. The number of carbonyl (C=O) groups is 2. The second-order valence-electron chi connectivity index (χ2n) is 11.0. The van der Waals surface area contributed by atoms with Crippen LogP contribution in [0.4, 0.5) is 15.8 Å². The van der Waals surface area contributed by atoms with Crippen molar-refractivity contribution >= 4 is 28.7 Å². The fourth-order valence-electron chi connectivity index (χ4n) is 6.33. The molecule has 12 heteroatoms. The molecule has 40 heavy (non-hydrogen) atoms. The van der Waals surface area contributed by atoms with Gasteiger partial charge in [0.1, 0.15) is 5.82 Å². The number of amides is 2. The van der Waals surface area contributed by atoms with E-state index in [2.05, 4.69) is 43.0 Å². The summed E-state index contributed by atoms with van der Waals surface area (Å²) in [6.45, 7) is 4.92. The van der Waals surface area contributed by atoms with Crippen LogP contribution in [0.2, 0.25) is 0 Å². The second-order valence-corrected chi connectivity index (χ2v) is 11.0. The van der Waals surface area contributed by atoms with Crippen molar-refractivity contribution in [1.29, 1.82) is 0 Å². The minimum absolute atomic E-state index is 0.0277. The number of piperidine rings is 1. The fraction of sp³-hybridized carbons (Fsp3) is 0.393. The van der Waals surface area contributed by atoms with Crippen LogP contribution in [0.25, 0.3) is 16.8 Å². The third kappa shape index (κ3) is 4.42. The molecule has 7 rings (SSSR count). The largest absolute Gasteiger partial charge is 0.325 e. The third-order valence-electron chi connectivity index (χ3n) is 8.34. The molecule has 2 amide bonds. The van der Waals surface area contributed by atoms with Crippen molar-refractivity contribution < 1.29 is 14.0 Å². The van der Waals surface area contributed by atoms with Crippen LogP contribution in [0.5, 0.6) is 0 Å². The van der Waals surface area contributed by atoms with Crippen LogP contribution in [0.1, 0.15) is 48.3 Å². The molecule has 2 aliphatic heterocycles. The summed E-state index contributed by atoms with van der Waals surface area (Å²) in [6, 6.07) is 4.89. The van der Waals surface area contributed by atoms with Crippen molar-refractivity contribution in [3.8, 4) is 11.3 Å². The first-order valence-electron chi connectivity index (χ1n) is 13.7. The highest BCUT2D eigenvalue weighted by Crippen LogP contribution is 2.37. The van der Waals surface area contributed by atoms with Crippen LogP contribution in [-0.2, 0) is 11.3 Å². The first-order valence-corrected chi connectivity index (χ1v) is 13.7. The Kier molecular flexibility index (Phi) is 6.08. The summed E-state index contributed by atoms with van der Waals surface area (Å²) in [4.78, 5) is 32.6. The number of hydrogen-bond donors (Lipinski definition) is 3. The van der Waals surface area contributed by atoms with Gasteiger partial charge in [-0.25, -0.2) is 8.91 Å². The fourth-order valence-corrected chi connectivity index (χ4v) is 6.33. The Morgan fingerprint density at radius 3 is 2.88 bits per heavy atom. The van der Waals surface area contributed by atoms with Crippen LogP contribution in [0.3, 0.4) is 0 Å². The maximum atomic E-state index is 14.6. The van der Waals surface area contributed by atoms with E-state index in [-0.39, 0.29) is 23.2 Å². The van der Waals surface area contributed by atoms with Crippen LogP contribution in [0, 0.1) is 11.7 Å². The summed E-state index contributed by atoms with van der Waals surface area (Å²) in [5.74, 6) is -0.578. The molecule has 1 aliphatic carbocycles. The molecule has 2 fully saturated rings. The summed E-state index contributed by atoms with van der Waals surface area (Å²) >= 11 is 0. The van der Waals surface area contributed by atoms with Gasteiger partial charge in [-0.05, 0) is 50.3 Å². The third-order valence-corrected chi connectivity index (χ3v) is 8.34. The highest BCUT2D eigenvalue weighted by atomic mass is 19.1. The van der Waals surface area contributed by atoms with Gasteiger partial charge in [0.25, 0.3) is 5.91 Å². The number of anilines is 2. The van der Waals surface area contributed by atoms with Crippen molar-refractivity contribution in [3.63, 3.8) is 0 Å². The van der Waals surface area contributed by atoms with Gasteiger partial charge in [0.05, 0.1) is 65.5 Å². The van der Waals surface area contributed by atoms with Gasteiger partial charge in [0.15, 0.2) is 0 Å². The number of fused-ring (bicyclic) bond motifs is 4. The standard InChI is InChI=1S/C28H30FN9O2/c1-16-8-30-11-26-20(9-33-38(16)26)24-14-37-25(12-31-24)21(10-32-37)28(40)35-23-7-18(3-5-22(23)29)34-27(39)15-36-13-17-2-4-19(36)6-17/h3,5,7,9-10,12,14,16-17,19,30H,2,4,6,8,11,13,15H2,1H3,(H,34,39)(H,35,40). The zero-order chi connectivity index (χ0) is 27.4. The van der Waals surface area contributed by atoms with E-state index in [1.54, 1.807) is 23.1 Å². The van der Waals surface area contributed by atoms with Gasteiger partial charge in [-0.1, -0.05) is 0 Å². The first-order chi connectivity index (χ1) is 19.4. The molecule has 2 bridgehead atoms. The van der Waals surface area contributed by atoms with Gasteiger partial charge < -0.3 is 16.0 Å². The Balaban J connectivity index is 1.06. The van der Waals surface area contributed by atoms with Gasteiger partial charge in [-0.2, -0.15) is 10.2 Å². The maximum absolute atomic E-state index is 14.6. The SMILES string of the molecule is CC1CNCc2c(-c3cn4ncc(C(=O)Nc5cc(NC(=O)CN6CC7CCC6C7)ccc5F)c4cn3)cnn21. The van der Waals surface area contributed by atoms with Crippen molar-refractivity contribution in [2.45, 2.75) is 44.8 Å². The molecular formula is C28H30FN9O2. The monoisotopic (exact) mass is 543 g/mol. The average Bonchev–Trinajstić information content (AvgIpc) is 3.74. The average molecular weight is 544 g/mol.